The number of hydrogen-bond donors (Lipinski definition) is 1. The maximum atomic E-state index is 13.1. The smallest absolute Gasteiger partial charge is 0.410 e. The van der Waals surface area contributed by atoms with E-state index in [1.54, 1.807) is 4.90 Å². The normalized spacial score (nSPS) is 25.8. The minimum absolute atomic E-state index is 0.267. The lowest BCUT2D eigenvalue weighted by Gasteiger charge is -2.40. The first-order valence-electron chi connectivity index (χ1n) is 6.06. The zero-order chi connectivity index (χ0) is 13.1. The fraction of sp³-hybridized carbons (Fsp3) is 0.917. The van der Waals surface area contributed by atoms with Crippen molar-refractivity contribution in [3.63, 3.8) is 0 Å². The van der Waals surface area contributed by atoms with Crippen LogP contribution in [0.4, 0.5) is 9.18 Å². The van der Waals surface area contributed by atoms with E-state index in [1.165, 1.54) is 0 Å². The standard InChI is InChI=1S/C12H23FN2O2/c1-11(2,3)17-10(16)15-6-4-5-12(7-13,8-14)9-15/h4-9,14H2,1-3H3. The van der Waals surface area contributed by atoms with Gasteiger partial charge < -0.3 is 15.4 Å². The Balaban J connectivity index is 2.63. The second-order valence-corrected chi connectivity index (χ2v) is 5.84. The van der Waals surface area contributed by atoms with E-state index in [9.17, 15) is 9.18 Å². The summed E-state index contributed by atoms with van der Waals surface area (Å²) in [5, 5.41) is 0. The summed E-state index contributed by atoms with van der Waals surface area (Å²) in [6, 6.07) is 0. The largest absolute Gasteiger partial charge is 0.444 e. The number of carbonyl (C=O) groups is 1. The van der Waals surface area contributed by atoms with Crippen LogP contribution in [0.5, 0.6) is 0 Å². The Labute approximate surface area is 102 Å². The minimum atomic E-state index is -0.574. The molecular formula is C12H23FN2O2. The number of rotatable bonds is 2. The summed E-state index contributed by atoms with van der Waals surface area (Å²) in [5.41, 5.74) is 4.53. The highest BCUT2D eigenvalue weighted by atomic mass is 19.1. The van der Waals surface area contributed by atoms with E-state index in [2.05, 4.69) is 0 Å². The fourth-order valence-electron chi connectivity index (χ4n) is 2.02. The Kier molecular flexibility index (Phi) is 4.36. The molecule has 5 heteroatoms. The Morgan fingerprint density at radius 1 is 1.53 bits per heavy atom. The van der Waals surface area contributed by atoms with Crippen molar-refractivity contribution >= 4 is 6.09 Å². The predicted molar refractivity (Wildman–Crippen MR) is 64.5 cm³/mol. The molecule has 1 atom stereocenters. The number of nitrogens with two attached hydrogens (primary N) is 1. The maximum Gasteiger partial charge on any atom is 0.410 e. The highest BCUT2D eigenvalue weighted by Crippen LogP contribution is 2.30. The summed E-state index contributed by atoms with van der Waals surface area (Å²) < 4.78 is 18.3. The van der Waals surface area contributed by atoms with Crippen LogP contribution in [0.3, 0.4) is 0 Å². The van der Waals surface area contributed by atoms with Crippen molar-refractivity contribution in [1.29, 1.82) is 0 Å². The van der Waals surface area contributed by atoms with Gasteiger partial charge in [-0.15, -0.1) is 0 Å². The molecular weight excluding hydrogens is 223 g/mol. The zero-order valence-corrected chi connectivity index (χ0v) is 11.0. The van der Waals surface area contributed by atoms with E-state index >= 15 is 0 Å². The lowest BCUT2D eigenvalue weighted by atomic mass is 9.81. The average molecular weight is 246 g/mol. The van der Waals surface area contributed by atoms with Crippen LogP contribution < -0.4 is 5.73 Å². The van der Waals surface area contributed by atoms with Crippen LogP contribution in [0.25, 0.3) is 0 Å². The van der Waals surface area contributed by atoms with E-state index in [0.717, 1.165) is 12.8 Å². The van der Waals surface area contributed by atoms with Crippen molar-refractivity contribution in [2.75, 3.05) is 26.3 Å². The number of hydrogen-bond acceptors (Lipinski definition) is 3. The molecule has 1 heterocycles. The van der Waals surface area contributed by atoms with Gasteiger partial charge in [0, 0.05) is 25.0 Å². The molecule has 1 aliphatic rings. The van der Waals surface area contributed by atoms with Crippen LogP contribution in [-0.2, 0) is 4.74 Å². The molecule has 0 spiro atoms. The number of halogens is 1. The minimum Gasteiger partial charge on any atom is -0.444 e. The summed E-state index contributed by atoms with van der Waals surface area (Å²) in [5.74, 6) is 0. The first-order chi connectivity index (χ1) is 7.82. The fourth-order valence-corrected chi connectivity index (χ4v) is 2.02. The Bertz CT molecular complexity index is 272. The molecule has 100 valence electrons. The van der Waals surface area contributed by atoms with E-state index in [0.29, 0.717) is 13.1 Å². The third kappa shape index (κ3) is 3.84. The number of likely N-dealkylation sites (tertiary alicyclic amines) is 1. The molecule has 0 aromatic rings. The first-order valence-corrected chi connectivity index (χ1v) is 6.06. The van der Waals surface area contributed by atoms with Crippen molar-refractivity contribution in [2.24, 2.45) is 11.1 Å². The Hall–Kier alpha value is -0.840. The summed E-state index contributed by atoms with van der Waals surface area (Å²) >= 11 is 0. The molecule has 0 aromatic heterocycles. The van der Waals surface area contributed by atoms with Gasteiger partial charge >= 0.3 is 6.09 Å². The molecule has 1 saturated heterocycles. The molecule has 1 aliphatic heterocycles. The number of carbonyl (C=O) groups excluding carboxylic acids is 1. The first kappa shape index (κ1) is 14.2. The van der Waals surface area contributed by atoms with Crippen molar-refractivity contribution in [3.05, 3.63) is 0 Å². The summed E-state index contributed by atoms with van der Waals surface area (Å²) in [7, 11) is 0. The van der Waals surface area contributed by atoms with Gasteiger partial charge in [0.25, 0.3) is 0 Å². The lowest BCUT2D eigenvalue weighted by molar-refractivity contribution is 0.00142. The number of nitrogens with zero attached hydrogens (tertiary/aromatic N) is 1. The van der Waals surface area contributed by atoms with Gasteiger partial charge in [-0.2, -0.15) is 0 Å². The van der Waals surface area contributed by atoms with E-state index in [-0.39, 0.29) is 12.6 Å². The van der Waals surface area contributed by atoms with Crippen molar-refractivity contribution < 1.29 is 13.9 Å². The van der Waals surface area contributed by atoms with Crippen molar-refractivity contribution in [1.82, 2.24) is 4.90 Å². The molecule has 17 heavy (non-hydrogen) atoms. The van der Waals surface area contributed by atoms with E-state index in [1.807, 2.05) is 20.8 Å². The van der Waals surface area contributed by atoms with Crippen molar-refractivity contribution in [3.8, 4) is 0 Å². The molecule has 1 unspecified atom stereocenters. The molecule has 1 amide bonds. The second kappa shape index (κ2) is 5.21. The summed E-state index contributed by atoms with van der Waals surface area (Å²) in [6.45, 7) is 6.22. The molecule has 0 aliphatic carbocycles. The molecule has 4 nitrogen and oxygen atoms in total. The van der Waals surface area contributed by atoms with Gasteiger partial charge in [0.15, 0.2) is 0 Å². The van der Waals surface area contributed by atoms with Gasteiger partial charge in [0.2, 0.25) is 0 Å². The predicted octanol–water partition coefficient (Wildman–Crippen LogP) is 1.93. The number of ether oxygens (including phenoxy) is 1. The lowest BCUT2D eigenvalue weighted by Crippen LogP contribution is -2.51. The van der Waals surface area contributed by atoms with E-state index in [4.69, 9.17) is 10.5 Å². The second-order valence-electron chi connectivity index (χ2n) is 5.84. The van der Waals surface area contributed by atoms with Crippen LogP contribution >= 0.6 is 0 Å². The van der Waals surface area contributed by atoms with Crippen LogP contribution in [-0.4, -0.2) is 42.9 Å². The van der Waals surface area contributed by atoms with Gasteiger partial charge in [-0.25, -0.2) is 4.79 Å². The molecule has 0 saturated carbocycles. The number of amides is 1. The summed E-state index contributed by atoms with van der Waals surface area (Å²) in [4.78, 5) is 13.4. The number of piperidine rings is 1. The molecule has 1 rings (SSSR count). The third-order valence-corrected chi connectivity index (χ3v) is 3.03. The topological polar surface area (TPSA) is 55.6 Å². The highest BCUT2D eigenvalue weighted by Gasteiger charge is 2.37. The van der Waals surface area contributed by atoms with Crippen LogP contribution in [0.1, 0.15) is 33.6 Å². The summed E-state index contributed by atoms with van der Waals surface area (Å²) in [6.07, 6.45) is 1.14. The molecule has 2 N–H and O–H groups in total. The van der Waals surface area contributed by atoms with Gasteiger partial charge in [-0.1, -0.05) is 0 Å². The van der Waals surface area contributed by atoms with Gasteiger partial charge in [0.05, 0.1) is 6.67 Å². The van der Waals surface area contributed by atoms with Gasteiger partial charge in [-0.05, 0) is 33.6 Å². The highest BCUT2D eigenvalue weighted by molar-refractivity contribution is 5.68. The molecule has 0 radical (unpaired) electrons. The quantitative estimate of drug-likeness (QED) is 0.810. The third-order valence-electron chi connectivity index (χ3n) is 3.03. The number of alkyl halides is 1. The Morgan fingerprint density at radius 2 is 2.18 bits per heavy atom. The maximum absolute atomic E-state index is 13.1. The Morgan fingerprint density at radius 3 is 2.65 bits per heavy atom. The molecule has 0 bridgehead atoms. The van der Waals surface area contributed by atoms with Crippen LogP contribution in [0.2, 0.25) is 0 Å². The van der Waals surface area contributed by atoms with Crippen LogP contribution in [0, 0.1) is 5.41 Å². The zero-order valence-electron chi connectivity index (χ0n) is 11.0. The SMILES string of the molecule is CC(C)(C)OC(=O)N1CCCC(CN)(CF)C1. The van der Waals surface area contributed by atoms with E-state index < -0.39 is 17.7 Å². The monoisotopic (exact) mass is 246 g/mol. The average Bonchev–Trinajstić information content (AvgIpc) is 2.27. The van der Waals surface area contributed by atoms with Gasteiger partial charge in [0.1, 0.15) is 5.60 Å². The molecule has 1 fully saturated rings. The molecule has 0 aromatic carbocycles. The van der Waals surface area contributed by atoms with Gasteiger partial charge in [-0.3, -0.25) is 4.39 Å². The van der Waals surface area contributed by atoms with Crippen molar-refractivity contribution in [2.45, 2.75) is 39.2 Å². The van der Waals surface area contributed by atoms with Crippen LogP contribution in [0.15, 0.2) is 0 Å².